The molecule has 52 heavy (non-hydrogen) atoms. The Balaban J connectivity index is 4.26. The average Bonchev–Trinajstić information content (AvgIpc) is 3.09. The molecule has 9 heteroatoms. The van der Waals surface area contributed by atoms with Gasteiger partial charge in [-0.1, -0.05) is 141 Å². The maximum absolute atomic E-state index is 12.7. The number of rotatable bonds is 40. The Morgan fingerprint density at radius 1 is 0.577 bits per heavy atom. The summed E-state index contributed by atoms with van der Waals surface area (Å²) < 4.78 is 34.5. The molecule has 0 aromatic rings. The topological polar surface area (TPSA) is 94.1 Å². The number of unbranched alkanes of at least 4 members (excludes halogenated alkanes) is 22. The van der Waals surface area contributed by atoms with Gasteiger partial charge in [0.25, 0.3) is 7.82 Å². The third-order valence-corrected chi connectivity index (χ3v) is 10.2. The Hall–Kier alpha value is -1.02. The molecule has 0 aliphatic heterocycles. The summed E-state index contributed by atoms with van der Waals surface area (Å²) in [6.45, 7) is 5.38. The van der Waals surface area contributed by atoms with Gasteiger partial charge in [0.15, 0.2) is 0 Å². The number of quaternary nitrogens is 1. The van der Waals surface area contributed by atoms with Crippen LogP contribution < -0.4 is 4.89 Å². The van der Waals surface area contributed by atoms with Crippen molar-refractivity contribution in [1.82, 2.24) is 0 Å². The Morgan fingerprint density at radius 3 is 1.48 bits per heavy atom. The summed E-state index contributed by atoms with van der Waals surface area (Å²) in [4.78, 5) is 25.0. The molecule has 8 nitrogen and oxygen atoms in total. The summed E-state index contributed by atoms with van der Waals surface area (Å²) >= 11 is 0. The highest BCUT2D eigenvalue weighted by Crippen LogP contribution is 2.38. The normalized spacial score (nSPS) is 14.0. The van der Waals surface area contributed by atoms with Crippen molar-refractivity contribution in [3.63, 3.8) is 0 Å². The molecule has 0 aromatic carbocycles. The number of phosphoric ester groups is 1. The minimum atomic E-state index is -4.52. The van der Waals surface area contributed by atoms with Gasteiger partial charge in [0.1, 0.15) is 19.3 Å². The number of carbonyl (C=O) groups is 1. The van der Waals surface area contributed by atoms with Crippen molar-refractivity contribution in [3.05, 3.63) is 24.3 Å². The molecule has 0 amide bonds. The standard InChI is InChI=1S/C43H84NO7P/c1-6-8-10-12-14-16-18-20-22-23-24-26-28-30-32-34-36-43(45)51-42(41-50-52(46,47)49-39-37-44(3,4)5)40-48-38-35-33-31-29-27-25-21-19-17-15-13-11-9-7-2/h17,19,22-23,42H,6-16,18,20-21,24-41H2,1-5H3/b19-17-,23-22-. The van der Waals surface area contributed by atoms with Gasteiger partial charge in [-0.25, -0.2) is 0 Å². The van der Waals surface area contributed by atoms with E-state index in [1.165, 1.54) is 122 Å². The molecule has 0 bridgehead atoms. The van der Waals surface area contributed by atoms with Gasteiger partial charge >= 0.3 is 5.97 Å². The fourth-order valence-corrected chi connectivity index (χ4v) is 6.56. The Bertz CT molecular complexity index is 889. The first-order valence-corrected chi connectivity index (χ1v) is 23.0. The quantitative estimate of drug-likeness (QED) is 0.0202. The second-order valence-corrected chi connectivity index (χ2v) is 17.1. The molecule has 308 valence electrons. The van der Waals surface area contributed by atoms with Crippen molar-refractivity contribution >= 4 is 13.8 Å². The molecule has 0 saturated heterocycles. The molecule has 2 unspecified atom stereocenters. The SMILES string of the molecule is CCCCCC/C=C\CCCCCCCCOCC(COP(=O)([O-])OCC[N+](C)(C)C)OC(=O)CCCCCCC/C=C\CCCCCCCCC. The molecule has 0 N–H and O–H groups in total. The molecule has 0 aliphatic carbocycles. The van der Waals surface area contributed by atoms with Gasteiger partial charge < -0.3 is 27.9 Å². The molecule has 0 radical (unpaired) electrons. The van der Waals surface area contributed by atoms with Gasteiger partial charge in [0.05, 0.1) is 34.4 Å². The van der Waals surface area contributed by atoms with Crippen LogP contribution in [0.2, 0.25) is 0 Å². The summed E-state index contributed by atoms with van der Waals surface area (Å²) in [5.74, 6) is -0.344. The first kappa shape index (κ1) is 51.0. The van der Waals surface area contributed by atoms with E-state index in [1.807, 2.05) is 21.1 Å². The fraction of sp³-hybridized carbons (Fsp3) is 0.884. The van der Waals surface area contributed by atoms with Crippen LogP contribution in [0.1, 0.15) is 187 Å². The van der Waals surface area contributed by atoms with Crippen LogP contribution in [0.3, 0.4) is 0 Å². The van der Waals surface area contributed by atoms with Crippen molar-refractivity contribution in [1.29, 1.82) is 0 Å². The van der Waals surface area contributed by atoms with Crippen molar-refractivity contribution in [2.45, 2.75) is 193 Å². The fourth-order valence-electron chi connectivity index (χ4n) is 5.83. The minimum Gasteiger partial charge on any atom is -0.756 e. The zero-order valence-electron chi connectivity index (χ0n) is 34.8. The van der Waals surface area contributed by atoms with Crippen molar-refractivity contribution in [2.75, 3.05) is 54.1 Å². The highest BCUT2D eigenvalue weighted by molar-refractivity contribution is 7.45. The largest absolute Gasteiger partial charge is 0.756 e. The molecular weight excluding hydrogens is 673 g/mol. The van der Waals surface area contributed by atoms with Crippen LogP contribution in [-0.4, -0.2) is 70.7 Å². The maximum Gasteiger partial charge on any atom is 0.306 e. The monoisotopic (exact) mass is 758 g/mol. The van der Waals surface area contributed by atoms with E-state index in [0.29, 0.717) is 24.1 Å². The summed E-state index contributed by atoms with van der Waals surface area (Å²) in [5, 5.41) is 0. The third kappa shape index (κ3) is 40.2. The van der Waals surface area contributed by atoms with Crippen LogP contribution in [0.4, 0.5) is 0 Å². The van der Waals surface area contributed by atoms with Gasteiger partial charge in [-0.2, -0.15) is 0 Å². The lowest BCUT2D eigenvalue weighted by atomic mass is 10.1. The molecule has 0 fully saturated rings. The van der Waals surface area contributed by atoms with Crippen LogP contribution in [0.5, 0.6) is 0 Å². The molecule has 0 aliphatic rings. The van der Waals surface area contributed by atoms with Crippen LogP contribution in [0.25, 0.3) is 0 Å². The van der Waals surface area contributed by atoms with Crippen molar-refractivity contribution in [3.8, 4) is 0 Å². The van der Waals surface area contributed by atoms with E-state index in [-0.39, 0.29) is 25.8 Å². The summed E-state index contributed by atoms with van der Waals surface area (Å²) in [7, 11) is 1.35. The number of carbonyl (C=O) groups excluding carboxylic acids is 1. The van der Waals surface area contributed by atoms with Crippen LogP contribution >= 0.6 is 7.82 Å². The van der Waals surface area contributed by atoms with Crippen LogP contribution in [0, 0.1) is 0 Å². The number of likely N-dealkylation sites (N-methyl/N-ethyl adjacent to an activating group) is 1. The number of hydrogen-bond donors (Lipinski definition) is 0. The molecule has 0 aromatic heterocycles. The van der Waals surface area contributed by atoms with E-state index in [2.05, 4.69) is 38.2 Å². The second kappa shape index (κ2) is 36.9. The number of ether oxygens (including phenoxy) is 2. The zero-order chi connectivity index (χ0) is 38.4. The number of phosphoric acid groups is 1. The first-order valence-electron chi connectivity index (χ1n) is 21.6. The summed E-state index contributed by atoms with van der Waals surface area (Å²) in [6, 6.07) is 0. The smallest absolute Gasteiger partial charge is 0.306 e. The number of allylic oxidation sites excluding steroid dienone is 4. The van der Waals surface area contributed by atoms with E-state index in [1.54, 1.807) is 0 Å². The van der Waals surface area contributed by atoms with Crippen LogP contribution in [-0.2, 0) is 27.9 Å². The van der Waals surface area contributed by atoms with Crippen molar-refractivity contribution in [2.24, 2.45) is 0 Å². The lowest BCUT2D eigenvalue weighted by Gasteiger charge is -2.28. The Kier molecular flexibility index (Phi) is 36.2. The Labute approximate surface area is 322 Å². The van der Waals surface area contributed by atoms with E-state index < -0.39 is 13.9 Å². The van der Waals surface area contributed by atoms with Gasteiger partial charge in [-0.15, -0.1) is 0 Å². The predicted molar refractivity (Wildman–Crippen MR) is 217 cm³/mol. The number of nitrogens with zero attached hydrogens (tertiary/aromatic N) is 1. The van der Waals surface area contributed by atoms with E-state index in [0.717, 1.165) is 44.9 Å². The third-order valence-electron chi connectivity index (χ3n) is 9.23. The van der Waals surface area contributed by atoms with Crippen molar-refractivity contribution < 1.29 is 37.3 Å². The minimum absolute atomic E-state index is 0.0244. The lowest BCUT2D eigenvalue weighted by Crippen LogP contribution is -2.37. The highest BCUT2D eigenvalue weighted by atomic mass is 31.2. The number of esters is 1. The summed E-state index contributed by atoms with van der Waals surface area (Å²) in [5.41, 5.74) is 0. The summed E-state index contributed by atoms with van der Waals surface area (Å²) in [6.07, 6.45) is 40.4. The first-order chi connectivity index (χ1) is 25.1. The molecule has 0 spiro atoms. The van der Waals surface area contributed by atoms with E-state index >= 15 is 0 Å². The molecule has 0 saturated carbocycles. The predicted octanol–water partition coefficient (Wildman–Crippen LogP) is 11.8. The zero-order valence-corrected chi connectivity index (χ0v) is 35.7. The molecule has 2 atom stereocenters. The molecule has 0 rings (SSSR count). The van der Waals surface area contributed by atoms with Crippen LogP contribution in [0.15, 0.2) is 24.3 Å². The average molecular weight is 758 g/mol. The van der Waals surface area contributed by atoms with Gasteiger partial charge in [-0.05, 0) is 64.2 Å². The highest BCUT2D eigenvalue weighted by Gasteiger charge is 2.20. The Morgan fingerprint density at radius 2 is 1.00 bits per heavy atom. The van der Waals surface area contributed by atoms with Gasteiger partial charge in [-0.3, -0.25) is 9.36 Å². The van der Waals surface area contributed by atoms with E-state index in [9.17, 15) is 14.3 Å². The van der Waals surface area contributed by atoms with Gasteiger partial charge in [0.2, 0.25) is 0 Å². The second-order valence-electron chi connectivity index (χ2n) is 15.7. The molecular formula is C43H84NO7P. The lowest BCUT2D eigenvalue weighted by molar-refractivity contribution is -0.870. The number of hydrogen-bond acceptors (Lipinski definition) is 7. The maximum atomic E-state index is 12.7. The van der Waals surface area contributed by atoms with Gasteiger partial charge in [0, 0.05) is 13.0 Å². The van der Waals surface area contributed by atoms with E-state index in [4.69, 9.17) is 18.5 Å². The molecule has 0 heterocycles.